The van der Waals surface area contributed by atoms with Gasteiger partial charge in [0.25, 0.3) is 5.56 Å². The summed E-state index contributed by atoms with van der Waals surface area (Å²) >= 11 is 6.02. The lowest BCUT2D eigenvalue weighted by molar-refractivity contribution is -0.143. The quantitative estimate of drug-likeness (QED) is 0.617. The summed E-state index contributed by atoms with van der Waals surface area (Å²) in [5.74, 6) is -0.414. The highest BCUT2D eigenvalue weighted by molar-refractivity contribution is 6.31. The van der Waals surface area contributed by atoms with E-state index in [-0.39, 0.29) is 25.1 Å². The van der Waals surface area contributed by atoms with Crippen LogP contribution in [0.1, 0.15) is 5.56 Å². The first-order valence-electron chi connectivity index (χ1n) is 7.90. The van der Waals surface area contributed by atoms with Crippen LogP contribution in [0.3, 0.4) is 0 Å². The lowest BCUT2D eigenvalue weighted by atomic mass is 10.1. The van der Waals surface area contributed by atoms with Crippen molar-refractivity contribution in [2.24, 2.45) is 14.1 Å². The molecule has 0 spiro atoms. The molecular formula is C17H17ClN4O4. The van der Waals surface area contributed by atoms with Crippen LogP contribution in [0.2, 0.25) is 5.02 Å². The molecule has 26 heavy (non-hydrogen) atoms. The van der Waals surface area contributed by atoms with E-state index < -0.39 is 17.2 Å². The Hall–Kier alpha value is -2.87. The molecule has 0 N–H and O–H groups in total. The summed E-state index contributed by atoms with van der Waals surface area (Å²) in [5.41, 5.74) is 0.385. The van der Waals surface area contributed by atoms with Gasteiger partial charge in [-0.2, -0.15) is 0 Å². The number of esters is 1. The molecule has 0 fully saturated rings. The van der Waals surface area contributed by atoms with Crippen molar-refractivity contribution in [3.63, 3.8) is 0 Å². The van der Waals surface area contributed by atoms with E-state index in [0.29, 0.717) is 16.2 Å². The number of aryl methyl sites for hydroxylation is 1. The van der Waals surface area contributed by atoms with Gasteiger partial charge in [-0.25, -0.2) is 9.78 Å². The van der Waals surface area contributed by atoms with Gasteiger partial charge < -0.3 is 9.30 Å². The van der Waals surface area contributed by atoms with Gasteiger partial charge in [0.05, 0.1) is 19.3 Å². The first-order chi connectivity index (χ1) is 12.4. The van der Waals surface area contributed by atoms with Gasteiger partial charge in [0.15, 0.2) is 11.2 Å². The summed E-state index contributed by atoms with van der Waals surface area (Å²) in [7, 11) is 2.95. The summed E-state index contributed by atoms with van der Waals surface area (Å²) in [5, 5.41) is 0.509. The normalized spacial score (nSPS) is 11.0. The van der Waals surface area contributed by atoms with E-state index in [2.05, 4.69) is 4.98 Å². The van der Waals surface area contributed by atoms with Crippen molar-refractivity contribution in [3.8, 4) is 0 Å². The Kier molecular flexibility index (Phi) is 4.94. The molecule has 0 radical (unpaired) electrons. The summed E-state index contributed by atoms with van der Waals surface area (Å²) in [4.78, 5) is 40.3. The maximum absolute atomic E-state index is 12.3. The number of ether oxygens (including phenoxy) is 1. The molecule has 9 heteroatoms. The largest absolute Gasteiger partial charge is 0.464 e. The minimum atomic E-state index is -0.445. The molecule has 8 nitrogen and oxygen atoms in total. The predicted octanol–water partition coefficient (Wildman–Crippen LogP) is 0.873. The van der Waals surface area contributed by atoms with E-state index in [0.717, 1.165) is 4.57 Å². The van der Waals surface area contributed by atoms with E-state index in [1.165, 1.54) is 17.9 Å². The zero-order chi connectivity index (χ0) is 18.8. The SMILES string of the molecule is Cn1c(=O)c2c(ncn2CCOC(=O)Cc2ccccc2Cl)n(C)c1=O. The van der Waals surface area contributed by atoms with Crippen molar-refractivity contribution in [1.82, 2.24) is 18.7 Å². The monoisotopic (exact) mass is 376 g/mol. The molecule has 0 saturated heterocycles. The highest BCUT2D eigenvalue weighted by Gasteiger charge is 2.14. The van der Waals surface area contributed by atoms with Crippen LogP contribution in [0.4, 0.5) is 0 Å². The van der Waals surface area contributed by atoms with Crippen molar-refractivity contribution >= 4 is 28.7 Å². The number of fused-ring (bicyclic) bond motifs is 1. The molecule has 3 rings (SSSR count). The molecule has 0 unspecified atom stereocenters. The van der Waals surface area contributed by atoms with Crippen molar-refractivity contribution in [3.05, 3.63) is 62.0 Å². The van der Waals surface area contributed by atoms with Crippen LogP contribution in [0.15, 0.2) is 40.2 Å². The third-order valence-electron chi connectivity index (χ3n) is 4.11. The number of aromatic nitrogens is 4. The lowest BCUT2D eigenvalue weighted by Gasteiger charge is -2.08. The Morgan fingerprint density at radius 2 is 1.92 bits per heavy atom. The van der Waals surface area contributed by atoms with Crippen LogP contribution < -0.4 is 11.2 Å². The molecule has 0 amide bonds. The smallest absolute Gasteiger partial charge is 0.332 e. The molecule has 0 saturated carbocycles. The van der Waals surface area contributed by atoms with Crippen molar-refractivity contribution in [2.45, 2.75) is 13.0 Å². The lowest BCUT2D eigenvalue weighted by Crippen LogP contribution is -2.37. The van der Waals surface area contributed by atoms with Crippen molar-refractivity contribution in [2.75, 3.05) is 6.61 Å². The maximum atomic E-state index is 12.3. The fraction of sp³-hybridized carbons (Fsp3) is 0.294. The average Bonchev–Trinajstić information content (AvgIpc) is 3.04. The number of nitrogens with zero attached hydrogens (tertiary/aromatic N) is 4. The molecule has 1 aromatic carbocycles. The standard InChI is InChI=1S/C17H17ClN4O4/c1-20-15-14(16(24)21(2)17(20)25)22(10-19-15)7-8-26-13(23)9-11-5-3-4-6-12(11)18/h3-6,10H,7-9H2,1-2H3. The molecule has 0 aliphatic heterocycles. The fourth-order valence-electron chi connectivity index (χ4n) is 2.67. The molecule has 0 bridgehead atoms. The Morgan fingerprint density at radius 3 is 2.65 bits per heavy atom. The van der Waals surface area contributed by atoms with E-state index in [4.69, 9.17) is 16.3 Å². The minimum absolute atomic E-state index is 0.0701. The molecule has 0 atom stereocenters. The van der Waals surface area contributed by atoms with E-state index >= 15 is 0 Å². The zero-order valence-electron chi connectivity index (χ0n) is 14.3. The molecule has 136 valence electrons. The third kappa shape index (κ3) is 3.28. The molecular weight excluding hydrogens is 360 g/mol. The molecule has 2 aromatic heterocycles. The minimum Gasteiger partial charge on any atom is -0.464 e. The number of hydrogen-bond acceptors (Lipinski definition) is 5. The van der Waals surface area contributed by atoms with E-state index in [1.54, 1.807) is 35.9 Å². The number of carbonyl (C=O) groups is 1. The number of imidazole rings is 1. The van der Waals surface area contributed by atoms with Crippen LogP contribution in [0, 0.1) is 0 Å². The highest BCUT2D eigenvalue weighted by atomic mass is 35.5. The third-order valence-corrected chi connectivity index (χ3v) is 4.47. The Morgan fingerprint density at radius 1 is 1.19 bits per heavy atom. The Balaban J connectivity index is 1.71. The Bertz CT molecular complexity index is 1100. The topological polar surface area (TPSA) is 88.1 Å². The van der Waals surface area contributed by atoms with Crippen molar-refractivity contribution in [1.29, 1.82) is 0 Å². The van der Waals surface area contributed by atoms with Crippen LogP contribution in [0.25, 0.3) is 11.2 Å². The summed E-state index contributed by atoms with van der Waals surface area (Å²) < 4.78 is 9.11. The summed E-state index contributed by atoms with van der Waals surface area (Å²) in [6.07, 6.45) is 1.52. The van der Waals surface area contributed by atoms with Crippen LogP contribution in [-0.2, 0) is 36.6 Å². The van der Waals surface area contributed by atoms with Gasteiger partial charge in [-0.15, -0.1) is 0 Å². The second-order valence-corrected chi connectivity index (χ2v) is 6.21. The molecule has 3 aromatic rings. The molecule has 0 aliphatic carbocycles. The number of hydrogen-bond donors (Lipinski definition) is 0. The van der Waals surface area contributed by atoms with Gasteiger partial charge in [-0.1, -0.05) is 29.8 Å². The van der Waals surface area contributed by atoms with E-state index in [9.17, 15) is 14.4 Å². The van der Waals surface area contributed by atoms with Crippen LogP contribution >= 0.6 is 11.6 Å². The average molecular weight is 377 g/mol. The second kappa shape index (κ2) is 7.17. The second-order valence-electron chi connectivity index (χ2n) is 5.80. The van der Waals surface area contributed by atoms with Gasteiger partial charge >= 0.3 is 11.7 Å². The van der Waals surface area contributed by atoms with Gasteiger partial charge in [0.2, 0.25) is 0 Å². The van der Waals surface area contributed by atoms with Crippen LogP contribution in [-0.4, -0.2) is 31.3 Å². The molecule has 0 aliphatic rings. The first-order valence-corrected chi connectivity index (χ1v) is 8.28. The van der Waals surface area contributed by atoms with Gasteiger partial charge in [0, 0.05) is 19.1 Å². The fourth-order valence-corrected chi connectivity index (χ4v) is 2.88. The summed E-state index contributed by atoms with van der Waals surface area (Å²) in [6, 6.07) is 7.06. The van der Waals surface area contributed by atoms with Gasteiger partial charge in [-0.05, 0) is 11.6 Å². The molecule has 2 heterocycles. The maximum Gasteiger partial charge on any atom is 0.332 e. The number of benzene rings is 1. The number of rotatable bonds is 5. The zero-order valence-corrected chi connectivity index (χ0v) is 15.1. The van der Waals surface area contributed by atoms with Crippen molar-refractivity contribution < 1.29 is 9.53 Å². The van der Waals surface area contributed by atoms with Gasteiger partial charge in [-0.3, -0.25) is 18.7 Å². The number of halogens is 1. The van der Waals surface area contributed by atoms with E-state index in [1.807, 2.05) is 0 Å². The summed E-state index contributed by atoms with van der Waals surface area (Å²) in [6.45, 7) is 0.318. The highest BCUT2D eigenvalue weighted by Crippen LogP contribution is 2.15. The van der Waals surface area contributed by atoms with Gasteiger partial charge in [0.1, 0.15) is 6.61 Å². The predicted molar refractivity (Wildman–Crippen MR) is 96.3 cm³/mol. The number of carbonyl (C=O) groups excluding carboxylic acids is 1. The first kappa shape index (κ1) is 17.9. The van der Waals surface area contributed by atoms with Crippen LogP contribution in [0.5, 0.6) is 0 Å². The Labute approximate surface area is 153 Å².